The second-order valence-electron chi connectivity index (χ2n) is 9.73. The summed E-state index contributed by atoms with van der Waals surface area (Å²) in [6.07, 6.45) is 2.16. The minimum absolute atomic E-state index is 0.0909. The quantitative estimate of drug-likeness (QED) is 0.358. The number of nitrogens with zero attached hydrogens (tertiary/aromatic N) is 7. The summed E-state index contributed by atoms with van der Waals surface area (Å²) < 4.78 is 58.8. The molecule has 2 N–H and O–H groups in total. The molecule has 1 aliphatic heterocycles. The van der Waals surface area contributed by atoms with Crippen molar-refractivity contribution < 1.29 is 17.6 Å². The van der Waals surface area contributed by atoms with Crippen LogP contribution in [0.15, 0.2) is 24.4 Å². The summed E-state index contributed by atoms with van der Waals surface area (Å²) in [5, 5.41) is 10.3. The van der Waals surface area contributed by atoms with Crippen molar-refractivity contribution in [3.8, 4) is 11.3 Å². The zero-order chi connectivity index (χ0) is 25.9. The van der Waals surface area contributed by atoms with Gasteiger partial charge >= 0.3 is 0 Å². The van der Waals surface area contributed by atoms with Crippen molar-refractivity contribution in [2.24, 2.45) is 0 Å². The van der Waals surface area contributed by atoms with Crippen LogP contribution < -0.4 is 10.6 Å². The summed E-state index contributed by atoms with van der Waals surface area (Å²) in [4.78, 5) is 15.3. The van der Waals surface area contributed by atoms with E-state index >= 15 is 0 Å². The standard InChI is InChI=1S/C24H27F4N9/c1-13-30-17-7-6-16(31-22(17)36(13)11-19(25)26)15-8-9-37-20(15)21(29-2)33-23(34-37)32-18-10-35(12-24(18,27)28)14-4-3-5-14/h6-9,14,18-19H,3-5,10-12H2,1-2H3,(H2,29,32,33,34). The summed E-state index contributed by atoms with van der Waals surface area (Å²) in [7, 11) is 1.68. The Bertz CT molecular complexity index is 1460. The van der Waals surface area contributed by atoms with Crippen molar-refractivity contribution in [3.63, 3.8) is 0 Å². The van der Waals surface area contributed by atoms with Crippen molar-refractivity contribution in [2.45, 2.75) is 57.2 Å². The summed E-state index contributed by atoms with van der Waals surface area (Å²) in [6, 6.07) is 4.42. The molecule has 0 spiro atoms. The van der Waals surface area contributed by atoms with Gasteiger partial charge in [0.1, 0.15) is 22.9 Å². The van der Waals surface area contributed by atoms with E-state index in [1.165, 1.54) is 4.57 Å². The molecule has 0 aromatic carbocycles. The minimum Gasteiger partial charge on any atom is -0.371 e. The summed E-state index contributed by atoms with van der Waals surface area (Å²) >= 11 is 0. The van der Waals surface area contributed by atoms with Gasteiger partial charge in [0.05, 0.1) is 18.8 Å². The monoisotopic (exact) mass is 517 g/mol. The first-order valence-corrected chi connectivity index (χ1v) is 12.3. The lowest BCUT2D eigenvalue weighted by Gasteiger charge is -2.34. The van der Waals surface area contributed by atoms with Crippen LogP contribution >= 0.6 is 0 Å². The highest BCUT2D eigenvalue weighted by atomic mass is 19.3. The zero-order valence-corrected chi connectivity index (χ0v) is 20.4. The average Bonchev–Trinajstić information content (AvgIpc) is 3.45. The molecule has 1 atom stereocenters. The first kappa shape index (κ1) is 23.9. The second kappa shape index (κ2) is 8.82. The lowest BCUT2D eigenvalue weighted by atomic mass is 9.92. The van der Waals surface area contributed by atoms with Crippen LogP contribution in [0.3, 0.4) is 0 Å². The number of aryl methyl sites for hydroxylation is 1. The Hall–Kier alpha value is -3.48. The molecule has 1 aliphatic carbocycles. The zero-order valence-electron chi connectivity index (χ0n) is 20.4. The molecule has 13 heteroatoms. The Balaban J connectivity index is 1.34. The number of nitrogens with one attached hydrogen (secondary N) is 2. The molecule has 9 nitrogen and oxygen atoms in total. The molecule has 4 aromatic heterocycles. The van der Waals surface area contributed by atoms with E-state index < -0.39 is 24.9 Å². The molecule has 5 heterocycles. The number of pyridine rings is 1. The van der Waals surface area contributed by atoms with Gasteiger partial charge in [-0.25, -0.2) is 32.0 Å². The normalized spacial score (nSPS) is 20.2. The highest BCUT2D eigenvalue weighted by Crippen LogP contribution is 2.36. The van der Waals surface area contributed by atoms with Crippen LogP contribution in [0.5, 0.6) is 0 Å². The molecular formula is C24H27F4N9. The third-order valence-corrected chi connectivity index (χ3v) is 7.36. The van der Waals surface area contributed by atoms with E-state index in [0.717, 1.165) is 19.3 Å². The van der Waals surface area contributed by atoms with Crippen LogP contribution in [-0.2, 0) is 6.54 Å². The Labute approximate surface area is 209 Å². The number of likely N-dealkylation sites (tertiary alicyclic amines) is 1. The Kier molecular flexibility index (Phi) is 5.70. The number of hydrogen-bond donors (Lipinski definition) is 2. The Morgan fingerprint density at radius 2 is 1.95 bits per heavy atom. The molecule has 2 aliphatic rings. The van der Waals surface area contributed by atoms with Crippen LogP contribution in [-0.4, -0.2) is 78.6 Å². The molecule has 1 saturated carbocycles. The van der Waals surface area contributed by atoms with Gasteiger partial charge in [-0.05, 0) is 38.0 Å². The van der Waals surface area contributed by atoms with Crippen molar-refractivity contribution in [2.75, 3.05) is 30.8 Å². The molecule has 2 fully saturated rings. The number of aromatic nitrogens is 6. The lowest BCUT2D eigenvalue weighted by molar-refractivity contribution is -0.00421. The third-order valence-electron chi connectivity index (χ3n) is 7.36. The van der Waals surface area contributed by atoms with Gasteiger partial charge in [-0.2, -0.15) is 4.98 Å². The molecule has 0 radical (unpaired) electrons. The van der Waals surface area contributed by atoms with Gasteiger partial charge < -0.3 is 15.2 Å². The molecule has 37 heavy (non-hydrogen) atoms. The molecule has 0 bridgehead atoms. The van der Waals surface area contributed by atoms with Crippen LogP contribution in [0.25, 0.3) is 27.9 Å². The molecule has 6 rings (SSSR count). The van der Waals surface area contributed by atoms with Crippen molar-refractivity contribution in [1.29, 1.82) is 0 Å². The van der Waals surface area contributed by atoms with E-state index in [1.54, 1.807) is 42.9 Å². The predicted octanol–water partition coefficient (Wildman–Crippen LogP) is 4.04. The van der Waals surface area contributed by atoms with Gasteiger partial charge in [0.2, 0.25) is 5.95 Å². The van der Waals surface area contributed by atoms with Crippen molar-refractivity contribution >= 4 is 28.4 Å². The first-order valence-electron chi connectivity index (χ1n) is 12.3. The molecular weight excluding hydrogens is 490 g/mol. The number of alkyl halides is 4. The van der Waals surface area contributed by atoms with E-state index in [1.807, 2.05) is 4.90 Å². The first-order chi connectivity index (χ1) is 17.7. The van der Waals surface area contributed by atoms with Crippen LogP contribution in [0.1, 0.15) is 25.1 Å². The fraction of sp³-hybridized carbons (Fsp3) is 0.500. The SMILES string of the molecule is CNc1nc(NC2CN(C3CCC3)CC2(F)F)nn2ccc(-c3ccc4nc(C)n(CC(F)F)c4n3)c12. The summed E-state index contributed by atoms with van der Waals surface area (Å²) in [5.41, 5.74) is 2.67. The highest BCUT2D eigenvalue weighted by Gasteiger charge is 2.50. The molecule has 1 saturated heterocycles. The topological polar surface area (TPSA) is 88.2 Å². The minimum atomic E-state index is -2.89. The van der Waals surface area contributed by atoms with Gasteiger partial charge in [0.25, 0.3) is 12.3 Å². The van der Waals surface area contributed by atoms with Gasteiger partial charge in [-0.3, -0.25) is 4.90 Å². The second-order valence-corrected chi connectivity index (χ2v) is 9.73. The molecule has 0 amide bonds. The Morgan fingerprint density at radius 3 is 2.65 bits per heavy atom. The summed E-state index contributed by atoms with van der Waals surface area (Å²) in [5.74, 6) is -1.92. The fourth-order valence-corrected chi connectivity index (χ4v) is 5.24. The van der Waals surface area contributed by atoms with E-state index in [4.69, 9.17) is 0 Å². The van der Waals surface area contributed by atoms with E-state index in [-0.39, 0.29) is 25.1 Å². The van der Waals surface area contributed by atoms with Crippen molar-refractivity contribution in [3.05, 3.63) is 30.2 Å². The number of imidazole rings is 1. The van der Waals surface area contributed by atoms with Crippen LogP contribution in [0.2, 0.25) is 0 Å². The van der Waals surface area contributed by atoms with E-state index in [0.29, 0.717) is 39.6 Å². The summed E-state index contributed by atoms with van der Waals surface area (Å²) in [6.45, 7) is 1.14. The maximum absolute atomic E-state index is 14.8. The predicted molar refractivity (Wildman–Crippen MR) is 131 cm³/mol. The number of rotatable bonds is 7. The maximum Gasteiger partial charge on any atom is 0.281 e. The largest absolute Gasteiger partial charge is 0.371 e. The number of anilines is 2. The lowest BCUT2D eigenvalue weighted by Crippen LogP contribution is -2.39. The fourth-order valence-electron chi connectivity index (χ4n) is 5.24. The van der Waals surface area contributed by atoms with Gasteiger partial charge in [-0.1, -0.05) is 6.42 Å². The molecule has 1 unspecified atom stereocenters. The number of hydrogen-bond acceptors (Lipinski definition) is 7. The van der Waals surface area contributed by atoms with Crippen LogP contribution in [0.4, 0.5) is 29.3 Å². The smallest absolute Gasteiger partial charge is 0.281 e. The average molecular weight is 518 g/mol. The van der Waals surface area contributed by atoms with Crippen LogP contribution in [0, 0.1) is 6.92 Å². The Morgan fingerprint density at radius 1 is 1.14 bits per heavy atom. The van der Waals surface area contributed by atoms with Gasteiger partial charge in [0, 0.05) is 31.4 Å². The number of halogens is 4. The molecule has 4 aromatic rings. The highest BCUT2D eigenvalue weighted by molar-refractivity contribution is 5.89. The third kappa shape index (κ3) is 4.14. The van der Waals surface area contributed by atoms with E-state index in [2.05, 4.69) is 30.7 Å². The molecule has 196 valence electrons. The maximum atomic E-state index is 14.8. The number of fused-ring (bicyclic) bond motifs is 2. The van der Waals surface area contributed by atoms with Gasteiger partial charge in [0.15, 0.2) is 11.5 Å². The van der Waals surface area contributed by atoms with Crippen molar-refractivity contribution in [1.82, 2.24) is 34.0 Å². The van der Waals surface area contributed by atoms with E-state index in [9.17, 15) is 17.6 Å². The van der Waals surface area contributed by atoms with Gasteiger partial charge in [-0.15, -0.1) is 5.10 Å².